The van der Waals surface area contributed by atoms with Gasteiger partial charge in [-0.05, 0) is 42.3 Å². The van der Waals surface area contributed by atoms with Crippen molar-refractivity contribution < 1.29 is 14.3 Å². The highest BCUT2D eigenvalue weighted by Crippen LogP contribution is 2.30. The highest BCUT2D eigenvalue weighted by atomic mass is 19.1. The number of hydrogen-bond donors (Lipinski definition) is 2. The van der Waals surface area contributed by atoms with Crippen LogP contribution in [0.5, 0.6) is 0 Å². The van der Waals surface area contributed by atoms with Crippen LogP contribution in [-0.4, -0.2) is 39.7 Å². The molecule has 0 saturated carbocycles. The fourth-order valence-electron chi connectivity index (χ4n) is 4.23. The van der Waals surface area contributed by atoms with Gasteiger partial charge in [-0.25, -0.2) is 4.39 Å². The molecule has 1 amide bonds. The summed E-state index contributed by atoms with van der Waals surface area (Å²) in [6.45, 7) is 2.24. The third-order valence-corrected chi connectivity index (χ3v) is 5.56. The summed E-state index contributed by atoms with van der Waals surface area (Å²) in [5.41, 5.74) is 8.46. The van der Waals surface area contributed by atoms with E-state index in [1.807, 2.05) is 35.0 Å². The van der Waals surface area contributed by atoms with Crippen LogP contribution in [0.2, 0.25) is 0 Å². The van der Waals surface area contributed by atoms with Gasteiger partial charge in [0.05, 0.1) is 6.10 Å². The number of aliphatic hydroxyl groups excluding tert-OH is 1. The Morgan fingerprint density at radius 3 is 2.64 bits per heavy atom. The number of aliphatic hydroxyl groups is 1. The molecule has 2 atom stereocenters. The number of rotatable bonds is 5. The number of piperidine rings is 1. The number of nitrogens with two attached hydrogens (primary N) is 1. The Bertz CT molecular complexity index is 983. The van der Waals surface area contributed by atoms with Crippen LogP contribution in [0.1, 0.15) is 23.5 Å². The van der Waals surface area contributed by atoms with Crippen molar-refractivity contribution in [1.29, 1.82) is 0 Å². The van der Waals surface area contributed by atoms with Crippen molar-refractivity contribution in [3.8, 4) is 0 Å². The molecule has 0 spiro atoms. The van der Waals surface area contributed by atoms with E-state index in [0.29, 0.717) is 13.1 Å². The third kappa shape index (κ3) is 3.79. The zero-order chi connectivity index (χ0) is 19.7. The second-order valence-electron chi connectivity index (χ2n) is 7.51. The topological polar surface area (TPSA) is 71.5 Å². The van der Waals surface area contributed by atoms with Crippen LogP contribution >= 0.6 is 0 Å². The quantitative estimate of drug-likeness (QED) is 0.714. The minimum Gasteiger partial charge on any atom is -0.391 e. The molecule has 0 aliphatic carbocycles. The monoisotopic (exact) mass is 381 g/mol. The number of amides is 1. The molecule has 5 nitrogen and oxygen atoms in total. The highest BCUT2D eigenvalue weighted by Gasteiger charge is 2.29. The highest BCUT2D eigenvalue weighted by molar-refractivity contribution is 5.85. The summed E-state index contributed by atoms with van der Waals surface area (Å²) in [5, 5.41) is 11.8. The number of carbonyl (C=O) groups is 1. The van der Waals surface area contributed by atoms with Crippen LogP contribution in [-0.2, 0) is 17.9 Å². The molecule has 2 heterocycles. The number of aromatic nitrogens is 1. The van der Waals surface area contributed by atoms with Gasteiger partial charge in [0.1, 0.15) is 12.4 Å². The molecule has 1 aliphatic heterocycles. The van der Waals surface area contributed by atoms with E-state index in [1.165, 1.54) is 12.1 Å². The molecule has 1 aromatic heterocycles. The van der Waals surface area contributed by atoms with Gasteiger partial charge in [0.25, 0.3) is 0 Å². The molecular weight excluding hydrogens is 357 g/mol. The van der Waals surface area contributed by atoms with Gasteiger partial charge in [-0.1, -0.05) is 30.3 Å². The largest absolute Gasteiger partial charge is 0.391 e. The molecule has 6 heteroatoms. The van der Waals surface area contributed by atoms with E-state index in [9.17, 15) is 14.3 Å². The van der Waals surface area contributed by atoms with Gasteiger partial charge >= 0.3 is 0 Å². The van der Waals surface area contributed by atoms with E-state index >= 15 is 0 Å². The maximum atomic E-state index is 13.2. The first-order valence-electron chi connectivity index (χ1n) is 9.52. The van der Waals surface area contributed by atoms with Crippen molar-refractivity contribution in [2.45, 2.75) is 31.5 Å². The standard InChI is InChI=1S/C22H24FN3O2/c23-17-7-5-15(6-8-17)19-9-10-25(13-21(19)27)11-16-12-26(14-22(24)28)20-4-2-1-3-18(16)20/h1-8,12,19,21,27H,9-11,13-14H2,(H2,24,28)/t19-,21+/m1/s1. The normalized spacial score (nSPS) is 20.5. The Kier molecular flexibility index (Phi) is 5.15. The number of carbonyl (C=O) groups excluding carboxylic acids is 1. The zero-order valence-electron chi connectivity index (χ0n) is 15.6. The predicted molar refractivity (Wildman–Crippen MR) is 106 cm³/mol. The fourth-order valence-corrected chi connectivity index (χ4v) is 4.23. The summed E-state index contributed by atoms with van der Waals surface area (Å²) in [7, 11) is 0. The molecule has 0 unspecified atom stereocenters. The lowest BCUT2D eigenvalue weighted by Gasteiger charge is -2.36. The summed E-state index contributed by atoms with van der Waals surface area (Å²) in [6.07, 6.45) is 2.29. The first-order chi connectivity index (χ1) is 13.5. The molecule has 4 rings (SSSR count). The van der Waals surface area contributed by atoms with E-state index in [0.717, 1.165) is 35.0 Å². The molecule has 28 heavy (non-hydrogen) atoms. The molecule has 2 aromatic carbocycles. The van der Waals surface area contributed by atoms with Crippen molar-refractivity contribution in [2.75, 3.05) is 13.1 Å². The Balaban J connectivity index is 1.50. The minimum atomic E-state index is -0.502. The molecule has 3 aromatic rings. The zero-order valence-corrected chi connectivity index (χ0v) is 15.6. The molecular formula is C22H24FN3O2. The number of likely N-dealkylation sites (tertiary alicyclic amines) is 1. The molecule has 0 bridgehead atoms. The van der Waals surface area contributed by atoms with E-state index in [2.05, 4.69) is 4.90 Å². The second kappa shape index (κ2) is 7.73. The van der Waals surface area contributed by atoms with Gasteiger partial charge in [-0.3, -0.25) is 9.69 Å². The van der Waals surface area contributed by atoms with E-state index in [-0.39, 0.29) is 24.2 Å². The first-order valence-corrected chi connectivity index (χ1v) is 9.52. The minimum absolute atomic E-state index is 0.0213. The van der Waals surface area contributed by atoms with Gasteiger partial charge in [-0.15, -0.1) is 0 Å². The number of nitrogens with zero attached hydrogens (tertiary/aromatic N) is 2. The number of fused-ring (bicyclic) bond motifs is 1. The average Bonchev–Trinajstić information content (AvgIpc) is 3.00. The SMILES string of the molecule is NC(=O)Cn1cc(CN2CC[C@H](c3ccc(F)cc3)[C@@H](O)C2)c2ccccc21. The Labute approximate surface area is 163 Å². The van der Waals surface area contributed by atoms with Crippen molar-refractivity contribution >= 4 is 16.8 Å². The van der Waals surface area contributed by atoms with Crippen LogP contribution in [0.4, 0.5) is 4.39 Å². The molecule has 1 aliphatic rings. The van der Waals surface area contributed by atoms with E-state index < -0.39 is 6.10 Å². The maximum Gasteiger partial charge on any atom is 0.237 e. The molecule has 3 N–H and O–H groups in total. The van der Waals surface area contributed by atoms with E-state index in [1.54, 1.807) is 12.1 Å². The fraction of sp³-hybridized carbons (Fsp3) is 0.318. The molecule has 1 saturated heterocycles. The van der Waals surface area contributed by atoms with Crippen molar-refractivity contribution in [3.63, 3.8) is 0 Å². The molecule has 1 fully saturated rings. The van der Waals surface area contributed by atoms with Crippen LogP contribution in [0.3, 0.4) is 0 Å². The Morgan fingerprint density at radius 1 is 1.18 bits per heavy atom. The lowest BCUT2D eigenvalue weighted by molar-refractivity contribution is -0.118. The van der Waals surface area contributed by atoms with Crippen molar-refractivity contribution in [3.05, 3.63) is 71.7 Å². The average molecular weight is 381 g/mol. The van der Waals surface area contributed by atoms with Gasteiger partial charge in [-0.2, -0.15) is 0 Å². The number of hydrogen-bond acceptors (Lipinski definition) is 3. The summed E-state index contributed by atoms with van der Waals surface area (Å²) in [5.74, 6) is -0.612. The smallest absolute Gasteiger partial charge is 0.237 e. The van der Waals surface area contributed by atoms with Crippen LogP contribution < -0.4 is 5.73 Å². The van der Waals surface area contributed by atoms with Gasteiger partial charge in [0.15, 0.2) is 0 Å². The lowest BCUT2D eigenvalue weighted by atomic mass is 9.87. The number of para-hydroxylation sites is 1. The summed E-state index contributed by atoms with van der Waals surface area (Å²) in [4.78, 5) is 13.6. The summed E-state index contributed by atoms with van der Waals surface area (Å²) in [6, 6.07) is 14.4. The lowest BCUT2D eigenvalue weighted by Crippen LogP contribution is -2.42. The predicted octanol–water partition coefficient (Wildman–Crippen LogP) is 2.62. The Morgan fingerprint density at radius 2 is 1.93 bits per heavy atom. The van der Waals surface area contributed by atoms with Gasteiger partial charge in [0, 0.05) is 36.1 Å². The van der Waals surface area contributed by atoms with Gasteiger partial charge < -0.3 is 15.4 Å². The number of benzene rings is 2. The van der Waals surface area contributed by atoms with Gasteiger partial charge in [0.2, 0.25) is 5.91 Å². The molecule has 146 valence electrons. The third-order valence-electron chi connectivity index (χ3n) is 5.56. The summed E-state index contributed by atoms with van der Waals surface area (Å²) < 4.78 is 15.0. The van der Waals surface area contributed by atoms with E-state index in [4.69, 9.17) is 5.73 Å². The number of halogens is 1. The van der Waals surface area contributed by atoms with Crippen LogP contribution in [0, 0.1) is 5.82 Å². The number of β-amino-alcohol motifs (C(OH)–C–C–N with tert-alkyl or cyclic N) is 1. The summed E-state index contributed by atoms with van der Waals surface area (Å²) >= 11 is 0. The number of primary amides is 1. The Hall–Kier alpha value is -2.70. The second-order valence-corrected chi connectivity index (χ2v) is 7.51. The van der Waals surface area contributed by atoms with Crippen molar-refractivity contribution in [2.24, 2.45) is 5.73 Å². The first kappa shape index (κ1) is 18.7. The van der Waals surface area contributed by atoms with Crippen LogP contribution in [0.15, 0.2) is 54.7 Å². The van der Waals surface area contributed by atoms with Crippen molar-refractivity contribution in [1.82, 2.24) is 9.47 Å². The maximum absolute atomic E-state index is 13.2. The van der Waals surface area contributed by atoms with Crippen LogP contribution in [0.25, 0.3) is 10.9 Å². The molecule has 0 radical (unpaired) electrons.